The number of nitrogens with zero attached hydrogens (tertiary/aromatic N) is 2. The molecule has 2 aliphatic heterocycles. The van der Waals surface area contributed by atoms with Crippen LogP contribution in [0.1, 0.15) is 128 Å². The molecular weight excluding hydrogens is 1120 g/mol. The number of fused-ring (bicyclic) bond motifs is 21. The lowest BCUT2D eigenvalue weighted by Gasteiger charge is -2.36. The van der Waals surface area contributed by atoms with E-state index < -0.39 is 5.41 Å². The Morgan fingerprint density at radius 3 is 1.40 bits per heavy atom. The quantitative estimate of drug-likeness (QED) is 0.161. The van der Waals surface area contributed by atoms with Crippen LogP contribution >= 0.6 is 0 Å². The average Bonchev–Trinajstić information content (AvgIpc) is 1.53. The highest BCUT2D eigenvalue weighted by molar-refractivity contribution is 6.99. The Labute approximate surface area is 547 Å². The van der Waals surface area contributed by atoms with Crippen LogP contribution in [0.2, 0.25) is 0 Å². The predicted molar refractivity (Wildman–Crippen MR) is 394 cm³/mol. The Bertz CT molecular complexity index is 5440. The number of rotatable bonds is 4. The van der Waals surface area contributed by atoms with Crippen molar-refractivity contribution in [3.05, 3.63) is 281 Å². The number of para-hydroxylation sites is 2. The van der Waals surface area contributed by atoms with Gasteiger partial charge in [-0.15, -0.1) is 0 Å². The zero-order chi connectivity index (χ0) is 63.6. The van der Waals surface area contributed by atoms with Crippen LogP contribution in [-0.2, 0) is 27.1 Å². The average molecular weight is 1200 g/mol. The first-order chi connectivity index (χ1) is 44.7. The molecule has 0 saturated carbocycles. The van der Waals surface area contributed by atoms with Gasteiger partial charge in [0.2, 0.25) is 0 Å². The van der Waals surface area contributed by atoms with Crippen molar-refractivity contribution in [3.63, 3.8) is 0 Å². The Morgan fingerprint density at radius 1 is 0.333 bits per heavy atom. The summed E-state index contributed by atoms with van der Waals surface area (Å²) < 4.78 is 13.3. The normalized spacial score (nSPS) is 14.2. The van der Waals surface area contributed by atoms with Gasteiger partial charge >= 0.3 is 0 Å². The van der Waals surface area contributed by atoms with Crippen molar-refractivity contribution in [2.75, 3.05) is 0 Å². The van der Waals surface area contributed by atoms with E-state index in [1.165, 1.54) is 160 Å². The first kappa shape index (κ1) is 55.9. The van der Waals surface area contributed by atoms with E-state index in [2.05, 4.69) is 329 Å². The molecule has 0 bridgehead atoms. The minimum Gasteiger partial charge on any atom is -0.458 e. The summed E-state index contributed by atoms with van der Waals surface area (Å²) in [6, 6.07) is 91.5. The maximum Gasteiger partial charge on any atom is 0.256 e. The second-order valence-corrected chi connectivity index (χ2v) is 31.2. The Balaban J connectivity index is 0.999. The summed E-state index contributed by atoms with van der Waals surface area (Å²) in [5, 5.41) is 4.99. The van der Waals surface area contributed by atoms with E-state index >= 15 is 0 Å². The van der Waals surface area contributed by atoms with Gasteiger partial charge in [0.05, 0.1) is 27.5 Å². The largest absolute Gasteiger partial charge is 0.458 e. The molecule has 4 heterocycles. The predicted octanol–water partition coefficient (Wildman–Crippen LogP) is 21.4. The third kappa shape index (κ3) is 7.85. The maximum absolute atomic E-state index is 7.99. The van der Waals surface area contributed by atoms with Gasteiger partial charge in [-0.2, -0.15) is 0 Å². The number of ether oxygens (including phenoxy) is 1. The van der Waals surface area contributed by atoms with Gasteiger partial charge in [-0.25, -0.2) is 0 Å². The van der Waals surface area contributed by atoms with Gasteiger partial charge < -0.3 is 13.9 Å². The lowest BCUT2D eigenvalue weighted by molar-refractivity contribution is 0.486. The second-order valence-electron chi connectivity index (χ2n) is 31.2. The zero-order valence-corrected chi connectivity index (χ0v) is 55.4. The monoisotopic (exact) mass is 1200 g/mol. The van der Waals surface area contributed by atoms with Gasteiger partial charge in [0, 0.05) is 32.9 Å². The molecule has 0 saturated heterocycles. The molecule has 1 spiro atoms. The van der Waals surface area contributed by atoms with Gasteiger partial charge in [-0.3, -0.25) is 0 Å². The summed E-state index contributed by atoms with van der Waals surface area (Å²) in [5.74, 6) is 1.79. The molecule has 4 heteroatoms. The molecule has 18 rings (SSSR count). The van der Waals surface area contributed by atoms with Crippen LogP contribution < -0.4 is 21.1 Å². The number of hydrogen-bond acceptors (Lipinski definition) is 1. The van der Waals surface area contributed by atoms with Crippen LogP contribution in [0.15, 0.2) is 237 Å². The van der Waals surface area contributed by atoms with E-state index in [0.29, 0.717) is 0 Å². The highest BCUT2D eigenvalue weighted by Gasteiger charge is 2.53. The fourth-order valence-electron chi connectivity index (χ4n) is 17.0. The first-order valence-electron chi connectivity index (χ1n) is 33.5. The van der Waals surface area contributed by atoms with Crippen LogP contribution in [0, 0.1) is 0 Å². The summed E-state index contributed by atoms with van der Waals surface area (Å²) in [6.45, 7) is 27.8. The molecule has 93 heavy (non-hydrogen) atoms. The fraction of sp³-hybridized carbons (Fsp3) is 0.191. The first-order valence-corrected chi connectivity index (χ1v) is 33.5. The number of benzene rings is 12. The van der Waals surface area contributed by atoms with Crippen LogP contribution in [0.25, 0.3) is 111 Å². The third-order valence-electron chi connectivity index (χ3n) is 21.6. The van der Waals surface area contributed by atoms with Crippen molar-refractivity contribution in [1.29, 1.82) is 0 Å². The molecule has 450 valence electrons. The van der Waals surface area contributed by atoms with Gasteiger partial charge in [0.1, 0.15) is 11.5 Å². The summed E-state index contributed by atoms with van der Waals surface area (Å²) in [5.41, 5.74) is 32.7. The van der Waals surface area contributed by atoms with Crippen molar-refractivity contribution >= 4 is 66.7 Å². The Morgan fingerprint density at radius 2 is 0.828 bits per heavy atom. The molecule has 0 radical (unpaired) electrons. The summed E-state index contributed by atoms with van der Waals surface area (Å²) in [7, 11) is 0. The summed E-state index contributed by atoms with van der Waals surface area (Å²) in [6.07, 6.45) is 0. The molecule has 14 aromatic rings. The zero-order valence-electron chi connectivity index (χ0n) is 55.4. The molecule has 4 aliphatic rings. The van der Waals surface area contributed by atoms with Crippen LogP contribution in [0.3, 0.4) is 0 Å². The standard InChI is InChI=1S/C89H75BN2O/c1-85(2,3)55-28-23-26-52(42-55)60-35-25-36-61(53-27-24-29-56(43-53)86(4,5)6)80(60)54-44-77-82-79(45-54)93-78-51-72-67(64-32-15-20-39-71(64)89(72)69-37-18-13-30-62(69)63-31-14-19-38-70(63)89)49-73(78)90(82)74-50-68-65-33-16-21-40-75(65)91(59-47-57(87(7,8)9)46-58(48-59)88(10,11)12)83(68)81-66-34-17-22-41-76(66)92(77)84(74)81/h13-51H,1-12H3. The van der Waals surface area contributed by atoms with E-state index in [9.17, 15) is 0 Å². The number of hydrogen-bond donors (Lipinski definition) is 0. The van der Waals surface area contributed by atoms with Crippen molar-refractivity contribution in [2.24, 2.45) is 0 Å². The molecule has 3 nitrogen and oxygen atoms in total. The second kappa shape index (κ2) is 19.1. The summed E-state index contributed by atoms with van der Waals surface area (Å²) in [4.78, 5) is 0. The smallest absolute Gasteiger partial charge is 0.256 e. The molecule has 12 aromatic carbocycles. The van der Waals surface area contributed by atoms with Crippen molar-refractivity contribution in [3.8, 4) is 78.5 Å². The molecule has 0 unspecified atom stereocenters. The highest BCUT2D eigenvalue weighted by atomic mass is 16.5. The molecule has 2 aliphatic carbocycles. The van der Waals surface area contributed by atoms with Crippen molar-refractivity contribution in [2.45, 2.75) is 110 Å². The fourth-order valence-corrected chi connectivity index (χ4v) is 17.0. The SMILES string of the molecule is CC(C)(C)c1cccc(-c2cccc(-c3cccc(C(C)(C)C)c3)c2-c2cc3c4c(c2)-n2c5ccccc5c5c2c(cc2c6ccccc6n(-c6cc(C(C)(C)C)cc(C(C)(C)C)c6)c25)B4c2cc4c(cc2O3)C2(c3ccccc3-c3ccccc32)c2ccccc2-4)c1. The van der Waals surface area contributed by atoms with Gasteiger partial charge in [-0.05, 0) is 181 Å². The maximum atomic E-state index is 7.99. The van der Waals surface area contributed by atoms with E-state index in [0.717, 1.165) is 22.7 Å². The Kier molecular flexibility index (Phi) is 11.5. The molecule has 2 aromatic heterocycles. The van der Waals surface area contributed by atoms with Gasteiger partial charge in [0.15, 0.2) is 0 Å². The lowest BCUT2D eigenvalue weighted by Crippen LogP contribution is -2.58. The van der Waals surface area contributed by atoms with Crippen LogP contribution in [0.5, 0.6) is 11.5 Å². The molecule has 0 N–H and O–H groups in total. The van der Waals surface area contributed by atoms with E-state index in [1.807, 2.05) is 0 Å². The number of aromatic nitrogens is 2. The van der Waals surface area contributed by atoms with Crippen LogP contribution in [0.4, 0.5) is 0 Å². The van der Waals surface area contributed by atoms with E-state index in [-0.39, 0.29) is 28.4 Å². The Hall–Kier alpha value is -9.90. The lowest BCUT2D eigenvalue weighted by atomic mass is 9.34. The van der Waals surface area contributed by atoms with Crippen molar-refractivity contribution < 1.29 is 4.74 Å². The van der Waals surface area contributed by atoms with E-state index in [4.69, 9.17) is 4.74 Å². The van der Waals surface area contributed by atoms with Crippen molar-refractivity contribution in [1.82, 2.24) is 9.13 Å². The third-order valence-corrected chi connectivity index (χ3v) is 21.6. The highest BCUT2D eigenvalue weighted by Crippen LogP contribution is 2.63. The minimum absolute atomic E-state index is 0.0561. The van der Waals surface area contributed by atoms with E-state index in [1.54, 1.807) is 0 Å². The van der Waals surface area contributed by atoms with Gasteiger partial charge in [0.25, 0.3) is 6.71 Å². The molecule has 0 fully saturated rings. The minimum atomic E-state index is -0.550. The van der Waals surface area contributed by atoms with Gasteiger partial charge in [-0.1, -0.05) is 277 Å². The topological polar surface area (TPSA) is 19.1 Å². The molecule has 0 amide bonds. The summed E-state index contributed by atoms with van der Waals surface area (Å²) >= 11 is 0. The molecule has 0 atom stereocenters. The van der Waals surface area contributed by atoms with Crippen LogP contribution in [-0.4, -0.2) is 15.8 Å². The molecular formula is C89H75BN2O.